The Bertz CT molecular complexity index is 319. The summed E-state index contributed by atoms with van der Waals surface area (Å²) in [6.07, 6.45) is 2.25. The molecule has 0 fully saturated rings. The van der Waals surface area contributed by atoms with Crippen LogP contribution in [0.3, 0.4) is 0 Å². The number of thiazole rings is 1. The molecule has 92 valence electrons. The molecule has 1 atom stereocenters. The molecular formula is C13H24N2S. The van der Waals surface area contributed by atoms with Crippen molar-refractivity contribution < 1.29 is 0 Å². The van der Waals surface area contributed by atoms with Crippen LogP contribution in [0.15, 0.2) is 5.38 Å². The summed E-state index contributed by atoms with van der Waals surface area (Å²) in [6.45, 7) is 12.1. The van der Waals surface area contributed by atoms with Crippen molar-refractivity contribution in [3.8, 4) is 0 Å². The van der Waals surface area contributed by atoms with Gasteiger partial charge in [0, 0.05) is 5.38 Å². The Morgan fingerprint density at radius 1 is 1.44 bits per heavy atom. The van der Waals surface area contributed by atoms with Crippen LogP contribution in [0.4, 0.5) is 0 Å². The van der Waals surface area contributed by atoms with Gasteiger partial charge in [-0.3, -0.25) is 0 Å². The van der Waals surface area contributed by atoms with Gasteiger partial charge in [0.05, 0.1) is 11.2 Å². The number of nitrogens with zero attached hydrogens (tertiary/aromatic N) is 1. The third-order valence-electron chi connectivity index (χ3n) is 3.06. The predicted octanol–water partition coefficient (Wildman–Crippen LogP) is 3.89. The highest BCUT2D eigenvalue weighted by molar-refractivity contribution is 7.09. The van der Waals surface area contributed by atoms with E-state index in [0.29, 0.717) is 5.92 Å². The summed E-state index contributed by atoms with van der Waals surface area (Å²) in [5, 5.41) is 7.04. The molecule has 0 aliphatic rings. The Morgan fingerprint density at radius 2 is 2.12 bits per heavy atom. The van der Waals surface area contributed by atoms with Crippen molar-refractivity contribution in [2.75, 3.05) is 6.54 Å². The quantitative estimate of drug-likeness (QED) is 0.816. The molecule has 1 aromatic rings. The Hall–Kier alpha value is -0.410. The number of aromatic nitrogens is 1. The standard InChI is InChI=1S/C13H24N2S/c1-6-8-14-13(5,7-2)12-15-11(9-16-12)10(3)4/h9-10,14H,6-8H2,1-5H3. The van der Waals surface area contributed by atoms with Gasteiger partial charge in [-0.1, -0.05) is 27.7 Å². The van der Waals surface area contributed by atoms with Crippen LogP contribution in [0.25, 0.3) is 0 Å². The lowest BCUT2D eigenvalue weighted by molar-refractivity contribution is 0.352. The smallest absolute Gasteiger partial charge is 0.113 e. The average Bonchev–Trinajstić information content (AvgIpc) is 2.75. The van der Waals surface area contributed by atoms with Gasteiger partial charge < -0.3 is 5.32 Å². The molecule has 3 heteroatoms. The van der Waals surface area contributed by atoms with Crippen LogP contribution in [-0.2, 0) is 5.54 Å². The highest BCUT2D eigenvalue weighted by Gasteiger charge is 2.27. The fourth-order valence-electron chi connectivity index (χ4n) is 1.56. The normalized spacial score (nSPS) is 15.4. The van der Waals surface area contributed by atoms with E-state index in [1.807, 2.05) is 0 Å². The second kappa shape index (κ2) is 5.78. The van der Waals surface area contributed by atoms with Crippen LogP contribution in [0.1, 0.15) is 64.1 Å². The molecule has 1 N–H and O–H groups in total. The van der Waals surface area contributed by atoms with E-state index in [0.717, 1.165) is 19.4 Å². The zero-order valence-electron chi connectivity index (χ0n) is 11.1. The molecular weight excluding hydrogens is 216 g/mol. The first-order valence-corrected chi connectivity index (χ1v) is 7.12. The van der Waals surface area contributed by atoms with Crippen molar-refractivity contribution in [3.05, 3.63) is 16.1 Å². The summed E-state index contributed by atoms with van der Waals surface area (Å²) in [5.41, 5.74) is 1.27. The Morgan fingerprint density at radius 3 is 2.56 bits per heavy atom. The molecule has 0 saturated carbocycles. The summed E-state index contributed by atoms with van der Waals surface area (Å²) in [6, 6.07) is 0. The molecule has 0 saturated heterocycles. The average molecular weight is 240 g/mol. The van der Waals surface area contributed by atoms with Crippen LogP contribution in [0, 0.1) is 0 Å². The minimum absolute atomic E-state index is 0.0494. The van der Waals surface area contributed by atoms with Gasteiger partial charge in [-0.2, -0.15) is 0 Å². The molecule has 16 heavy (non-hydrogen) atoms. The molecule has 2 nitrogen and oxygen atoms in total. The molecule has 0 radical (unpaired) electrons. The molecule has 0 aliphatic heterocycles. The van der Waals surface area contributed by atoms with Crippen LogP contribution in [-0.4, -0.2) is 11.5 Å². The zero-order valence-corrected chi connectivity index (χ0v) is 11.9. The molecule has 0 amide bonds. The molecule has 0 aromatic carbocycles. The first kappa shape index (κ1) is 13.7. The first-order valence-electron chi connectivity index (χ1n) is 6.24. The topological polar surface area (TPSA) is 24.9 Å². The number of hydrogen-bond acceptors (Lipinski definition) is 3. The van der Waals surface area contributed by atoms with Crippen molar-refractivity contribution in [1.29, 1.82) is 0 Å². The highest BCUT2D eigenvalue weighted by Crippen LogP contribution is 2.29. The molecule has 0 aliphatic carbocycles. The Labute approximate surface area is 103 Å². The van der Waals surface area contributed by atoms with Gasteiger partial charge in [-0.25, -0.2) is 4.98 Å². The zero-order chi connectivity index (χ0) is 12.2. The van der Waals surface area contributed by atoms with Crippen molar-refractivity contribution in [2.24, 2.45) is 0 Å². The van der Waals surface area contributed by atoms with E-state index in [1.165, 1.54) is 10.7 Å². The number of rotatable bonds is 6. The van der Waals surface area contributed by atoms with Gasteiger partial charge in [0.15, 0.2) is 0 Å². The summed E-state index contributed by atoms with van der Waals surface area (Å²) in [4.78, 5) is 4.76. The van der Waals surface area contributed by atoms with Crippen LogP contribution >= 0.6 is 11.3 Å². The number of hydrogen-bond donors (Lipinski definition) is 1. The summed E-state index contributed by atoms with van der Waals surface area (Å²) < 4.78 is 0. The van der Waals surface area contributed by atoms with E-state index in [-0.39, 0.29) is 5.54 Å². The van der Waals surface area contributed by atoms with Gasteiger partial charge >= 0.3 is 0 Å². The van der Waals surface area contributed by atoms with E-state index in [9.17, 15) is 0 Å². The van der Waals surface area contributed by atoms with Gasteiger partial charge in [-0.15, -0.1) is 11.3 Å². The monoisotopic (exact) mass is 240 g/mol. The second-order valence-corrected chi connectivity index (χ2v) is 5.70. The van der Waals surface area contributed by atoms with E-state index in [2.05, 4.69) is 45.3 Å². The highest BCUT2D eigenvalue weighted by atomic mass is 32.1. The maximum atomic E-state index is 4.76. The molecule has 1 rings (SSSR count). The summed E-state index contributed by atoms with van der Waals surface area (Å²) >= 11 is 1.79. The van der Waals surface area contributed by atoms with Gasteiger partial charge in [0.25, 0.3) is 0 Å². The van der Waals surface area contributed by atoms with E-state index >= 15 is 0 Å². The van der Waals surface area contributed by atoms with Crippen molar-refractivity contribution in [1.82, 2.24) is 10.3 Å². The third kappa shape index (κ3) is 3.05. The van der Waals surface area contributed by atoms with Crippen molar-refractivity contribution in [2.45, 2.75) is 58.9 Å². The molecule has 1 aromatic heterocycles. The van der Waals surface area contributed by atoms with Gasteiger partial charge in [0.1, 0.15) is 5.01 Å². The maximum absolute atomic E-state index is 4.76. The van der Waals surface area contributed by atoms with Crippen molar-refractivity contribution >= 4 is 11.3 Å². The van der Waals surface area contributed by atoms with Crippen LogP contribution in [0.5, 0.6) is 0 Å². The fraction of sp³-hybridized carbons (Fsp3) is 0.769. The summed E-state index contributed by atoms with van der Waals surface area (Å²) in [5.74, 6) is 0.525. The molecule has 0 bridgehead atoms. The predicted molar refractivity (Wildman–Crippen MR) is 72.1 cm³/mol. The first-order chi connectivity index (χ1) is 7.53. The lowest BCUT2D eigenvalue weighted by atomic mass is 9.99. The largest absolute Gasteiger partial charge is 0.306 e. The van der Waals surface area contributed by atoms with Crippen LogP contribution < -0.4 is 5.32 Å². The molecule has 0 spiro atoms. The van der Waals surface area contributed by atoms with Gasteiger partial charge in [0.2, 0.25) is 0 Å². The minimum atomic E-state index is 0.0494. The van der Waals surface area contributed by atoms with Crippen LogP contribution in [0.2, 0.25) is 0 Å². The minimum Gasteiger partial charge on any atom is -0.306 e. The molecule has 1 unspecified atom stereocenters. The Kier molecular flexibility index (Phi) is 4.93. The van der Waals surface area contributed by atoms with E-state index < -0.39 is 0 Å². The fourth-order valence-corrected chi connectivity index (χ4v) is 2.75. The molecule has 1 heterocycles. The van der Waals surface area contributed by atoms with E-state index in [4.69, 9.17) is 4.98 Å². The third-order valence-corrected chi connectivity index (χ3v) is 4.18. The SMILES string of the molecule is CCCNC(C)(CC)c1nc(C(C)C)cs1. The second-order valence-electron chi connectivity index (χ2n) is 4.84. The summed E-state index contributed by atoms with van der Waals surface area (Å²) in [7, 11) is 0. The van der Waals surface area contributed by atoms with Crippen molar-refractivity contribution in [3.63, 3.8) is 0 Å². The number of nitrogens with one attached hydrogen (secondary N) is 1. The Balaban J connectivity index is 2.85. The van der Waals surface area contributed by atoms with E-state index in [1.54, 1.807) is 11.3 Å². The van der Waals surface area contributed by atoms with Gasteiger partial charge in [-0.05, 0) is 32.2 Å². The maximum Gasteiger partial charge on any atom is 0.113 e. The lowest BCUT2D eigenvalue weighted by Crippen LogP contribution is -2.39. The lowest BCUT2D eigenvalue weighted by Gasteiger charge is -2.27.